The fourth-order valence-electron chi connectivity index (χ4n) is 2.68. The van der Waals surface area contributed by atoms with E-state index in [0.717, 1.165) is 51.6 Å². The van der Waals surface area contributed by atoms with Crippen LogP contribution < -0.4 is 10.6 Å². The molecule has 0 bridgehead atoms. The Morgan fingerprint density at radius 2 is 1.86 bits per heavy atom. The zero-order chi connectivity index (χ0) is 15.5. The van der Waals surface area contributed by atoms with Gasteiger partial charge in [0, 0.05) is 39.3 Å². The molecule has 1 rings (SSSR count). The van der Waals surface area contributed by atoms with E-state index in [9.17, 15) is 0 Å². The molecule has 0 radical (unpaired) electrons. The van der Waals surface area contributed by atoms with Gasteiger partial charge in [-0.1, -0.05) is 13.3 Å². The van der Waals surface area contributed by atoms with E-state index in [2.05, 4.69) is 48.2 Å². The highest BCUT2D eigenvalue weighted by Crippen LogP contribution is 2.10. The molecule has 21 heavy (non-hydrogen) atoms. The Morgan fingerprint density at radius 1 is 1.14 bits per heavy atom. The van der Waals surface area contributed by atoms with Gasteiger partial charge in [0.2, 0.25) is 0 Å². The van der Waals surface area contributed by atoms with Crippen LogP contribution in [-0.2, 0) is 4.74 Å². The highest BCUT2D eigenvalue weighted by atomic mass is 16.5. The van der Waals surface area contributed by atoms with Crippen molar-refractivity contribution in [2.75, 3.05) is 39.3 Å². The molecule has 5 nitrogen and oxygen atoms in total. The van der Waals surface area contributed by atoms with Crippen molar-refractivity contribution < 1.29 is 4.74 Å². The number of nitrogens with one attached hydrogen (secondary N) is 2. The SMILES string of the molecule is CCCCNC(=NCCCN1CC(C)OC(C)C1)NCC. The van der Waals surface area contributed by atoms with Crippen molar-refractivity contribution in [1.29, 1.82) is 0 Å². The normalized spacial score (nSPS) is 24.1. The van der Waals surface area contributed by atoms with Crippen molar-refractivity contribution in [1.82, 2.24) is 15.5 Å². The second kappa shape index (κ2) is 10.9. The Morgan fingerprint density at radius 3 is 2.48 bits per heavy atom. The van der Waals surface area contributed by atoms with Gasteiger partial charge in [-0.25, -0.2) is 0 Å². The minimum absolute atomic E-state index is 0.352. The van der Waals surface area contributed by atoms with Crippen molar-refractivity contribution in [3.8, 4) is 0 Å². The van der Waals surface area contributed by atoms with Gasteiger partial charge in [0.1, 0.15) is 0 Å². The Bertz CT molecular complexity index is 286. The van der Waals surface area contributed by atoms with E-state index < -0.39 is 0 Å². The number of ether oxygens (including phenoxy) is 1. The number of rotatable bonds is 8. The molecule has 1 aliphatic heterocycles. The monoisotopic (exact) mass is 298 g/mol. The highest BCUT2D eigenvalue weighted by molar-refractivity contribution is 5.79. The lowest BCUT2D eigenvalue weighted by Crippen LogP contribution is -2.45. The Labute approximate surface area is 130 Å². The van der Waals surface area contributed by atoms with Gasteiger partial charge in [-0.3, -0.25) is 9.89 Å². The summed E-state index contributed by atoms with van der Waals surface area (Å²) in [7, 11) is 0. The van der Waals surface area contributed by atoms with Gasteiger partial charge in [0.15, 0.2) is 5.96 Å². The van der Waals surface area contributed by atoms with E-state index in [4.69, 9.17) is 4.74 Å². The van der Waals surface area contributed by atoms with Crippen LogP contribution in [0.5, 0.6) is 0 Å². The number of hydrogen-bond acceptors (Lipinski definition) is 3. The van der Waals surface area contributed by atoms with E-state index in [1.807, 2.05) is 0 Å². The molecule has 1 fully saturated rings. The van der Waals surface area contributed by atoms with Crippen LogP contribution in [0.25, 0.3) is 0 Å². The summed E-state index contributed by atoms with van der Waals surface area (Å²) in [4.78, 5) is 7.14. The average Bonchev–Trinajstić information content (AvgIpc) is 2.42. The molecule has 0 aliphatic carbocycles. The van der Waals surface area contributed by atoms with Gasteiger partial charge in [-0.05, 0) is 33.6 Å². The molecule has 1 heterocycles. The summed E-state index contributed by atoms with van der Waals surface area (Å²) < 4.78 is 5.76. The van der Waals surface area contributed by atoms with Crippen molar-refractivity contribution in [2.24, 2.45) is 4.99 Å². The van der Waals surface area contributed by atoms with Gasteiger partial charge in [0.25, 0.3) is 0 Å². The molecule has 2 atom stereocenters. The first kappa shape index (κ1) is 18.2. The quantitative estimate of drug-likeness (QED) is 0.408. The first-order chi connectivity index (χ1) is 10.2. The number of hydrogen-bond donors (Lipinski definition) is 2. The van der Waals surface area contributed by atoms with Crippen molar-refractivity contribution >= 4 is 5.96 Å². The molecular weight excluding hydrogens is 264 g/mol. The number of unbranched alkanes of at least 4 members (excludes halogenated alkanes) is 1. The third-order valence-corrected chi connectivity index (χ3v) is 3.56. The van der Waals surface area contributed by atoms with Gasteiger partial charge in [0.05, 0.1) is 12.2 Å². The van der Waals surface area contributed by atoms with E-state index in [1.54, 1.807) is 0 Å². The van der Waals surface area contributed by atoms with Crippen LogP contribution in [-0.4, -0.2) is 62.3 Å². The van der Waals surface area contributed by atoms with Crippen LogP contribution in [0, 0.1) is 0 Å². The highest BCUT2D eigenvalue weighted by Gasteiger charge is 2.21. The molecule has 0 aromatic heterocycles. The first-order valence-electron chi connectivity index (χ1n) is 8.55. The molecule has 0 aromatic carbocycles. The second-order valence-electron chi connectivity index (χ2n) is 5.91. The lowest BCUT2D eigenvalue weighted by molar-refractivity contribution is -0.0679. The summed E-state index contributed by atoms with van der Waals surface area (Å²) in [5, 5.41) is 6.68. The fraction of sp³-hybridized carbons (Fsp3) is 0.938. The topological polar surface area (TPSA) is 48.9 Å². The molecule has 124 valence electrons. The lowest BCUT2D eigenvalue weighted by Gasteiger charge is -2.35. The molecule has 0 saturated carbocycles. The van der Waals surface area contributed by atoms with E-state index in [0.29, 0.717) is 12.2 Å². The molecule has 0 aromatic rings. The molecular formula is C16H34N4O. The zero-order valence-corrected chi connectivity index (χ0v) is 14.3. The Hall–Kier alpha value is -0.810. The smallest absolute Gasteiger partial charge is 0.191 e. The van der Waals surface area contributed by atoms with Gasteiger partial charge in [-0.2, -0.15) is 0 Å². The average molecular weight is 298 g/mol. The third-order valence-electron chi connectivity index (χ3n) is 3.56. The van der Waals surface area contributed by atoms with Crippen LogP contribution in [0.1, 0.15) is 47.0 Å². The third kappa shape index (κ3) is 8.27. The molecule has 0 spiro atoms. The molecule has 2 unspecified atom stereocenters. The molecule has 0 amide bonds. The largest absolute Gasteiger partial charge is 0.373 e. The summed E-state index contributed by atoms with van der Waals surface area (Å²) in [5.74, 6) is 0.953. The maximum atomic E-state index is 5.76. The minimum Gasteiger partial charge on any atom is -0.373 e. The van der Waals surface area contributed by atoms with Crippen molar-refractivity contribution in [3.63, 3.8) is 0 Å². The summed E-state index contributed by atoms with van der Waals surface area (Å²) in [6.07, 6.45) is 4.20. The zero-order valence-electron chi connectivity index (χ0n) is 14.3. The summed E-state index contributed by atoms with van der Waals surface area (Å²) in [6, 6.07) is 0. The Balaban J connectivity index is 2.23. The number of guanidine groups is 1. The van der Waals surface area contributed by atoms with E-state index in [-0.39, 0.29) is 0 Å². The fourth-order valence-corrected chi connectivity index (χ4v) is 2.68. The molecule has 5 heteroatoms. The maximum absolute atomic E-state index is 5.76. The van der Waals surface area contributed by atoms with Gasteiger partial charge >= 0.3 is 0 Å². The van der Waals surface area contributed by atoms with Crippen LogP contribution in [0.4, 0.5) is 0 Å². The summed E-state index contributed by atoms with van der Waals surface area (Å²) in [6.45, 7) is 14.6. The molecule has 1 aliphatic rings. The second-order valence-corrected chi connectivity index (χ2v) is 5.91. The minimum atomic E-state index is 0.352. The predicted molar refractivity (Wildman–Crippen MR) is 90.0 cm³/mol. The van der Waals surface area contributed by atoms with Crippen LogP contribution in [0.2, 0.25) is 0 Å². The molecule has 2 N–H and O–H groups in total. The molecule has 1 saturated heterocycles. The van der Waals surface area contributed by atoms with Gasteiger partial charge < -0.3 is 15.4 Å². The van der Waals surface area contributed by atoms with Crippen molar-refractivity contribution in [3.05, 3.63) is 0 Å². The van der Waals surface area contributed by atoms with E-state index in [1.165, 1.54) is 12.8 Å². The first-order valence-corrected chi connectivity index (χ1v) is 8.55. The summed E-state index contributed by atoms with van der Waals surface area (Å²) >= 11 is 0. The van der Waals surface area contributed by atoms with E-state index >= 15 is 0 Å². The van der Waals surface area contributed by atoms with Crippen LogP contribution >= 0.6 is 0 Å². The standard InChI is InChI=1S/C16H34N4O/c1-5-7-9-18-16(17-6-2)19-10-8-11-20-12-14(3)21-15(4)13-20/h14-15H,5-13H2,1-4H3,(H2,17,18,19). The van der Waals surface area contributed by atoms with Crippen molar-refractivity contribution in [2.45, 2.75) is 59.2 Å². The van der Waals surface area contributed by atoms with Crippen LogP contribution in [0.3, 0.4) is 0 Å². The number of nitrogens with zero attached hydrogens (tertiary/aromatic N) is 2. The Kier molecular flexibility index (Phi) is 9.42. The lowest BCUT2D eigenvalue weighted by atomic mass is 10.2. The number of aliphatic imine (C=N–C) groups is 1. The number of morpholine rings is 1. The maximum Gasteiger partial charge on any atom is 0.191 e. The van der Waals surface area contributed by atoms with Gasteiger partial charge in [-0.15, -0.1) is 0 Å². The van der Waals surface area contributed by atoms with Crippen LogP contribution in [0.15, 0.2) is 4.99 Å². The predicted octanol–water partition coefficient (Wildman–Crippen LogP) is 1.84. The summed E-state index contributed by atoms with van der Waals surface area (Å²) in [5.41, 5.74) is 0.